The largest absolute Gasteiger partial charge is 0.342 e. The number of hydrogen-bond acceptors (Lipinski definition) is 3. The number of nitrogens with one attached hydrogen (secondary N) is 1. The molecule has 6 heteroatoms. The quantitative estimate of drug-likeness (QED) is 0.841. The Balaban J connectivity index is 1.79. The van der Waals surface area contributed by atoms with Crippen LogP contribution in [0, 0.1) is 21.5 Å². The second kappa shape index (κ2) is 5.68. The molecule has 3 rings (SSSR count). The topological polar surface area (TPSA) is 53.9 Å². The smallest absolute Gasteiger partial charge is 0.226 e. The molecule has 1 saturated carbocycles. The molecule has 2 heterocycles. The van der Waals surface area contributed by atoms with Crippen molar-refractivity contribution in [1.82, 2.24) is 19.7 Å². The van der Waals surface area contributed by atoms with Gasteiger partial charge in [0.1, 0.15) is 5.82 Å². The fourth-order valence-corrected chi connectivity index (χ4v) is 4.84. The van der Waals surface area contributed by atoms with Crippen molar-refractivity contribution in [3.63, 3.8) is 0 Å². The van der Waals surface area contributed by atoms with Gasteiger partial charge in [0.2, 0.25) is 5.91 Å². The highest BCUT2D eigenvalue weighted by Crippen LogP contribution is 2.68. The Morgan fingerprint density at radius 3 is 2.46 bits per heavy atom. The second-order valence-corrected chi connectivity index (χ2v) is 9.24. The van der Waals surface area contributed by atoms with Gasteiger partial charge in [0.25, 0.3) is 0 Å². The van der Waals surface area contributed by atoms with E-state index in [1.165, 1.54) is 0 Å². The van der Waals surface area contributed by atoms with E-state index in [0.717, 1.165) is 31.8 Å². The fourth-order valence-electron chi connectivity index (χ4n) is 4.49. The number of hydrogen-bond donors (Lipinski definition) is 1. The molecule has 0 radical (unpaired) electrons. The number of piperidine rings is 1. The highest BCUT2D eigenvalue weighted by molar-refractivity contribution is 7.71. The molecule has 1 aromatic heterocycles. The van der Waals surface area contributed by atoms with Crippen LogP contribution in [0.4, 0.5) is 0 Å². The number of nitrogens with zero attached hydrogens (tertiary/aromatic N) is 3. The zero-order chi connectivity index (χ0) is 17.9. The lowest BCUT2D eigenvalue weighted by Crippen LogP contribution is -2.41. The van der Waals surface area contributed by atoms with Crippen molar-refractivity contribution < 1.29 is 4.79 Å². The van der Waals surface area contributed by atoms with Gasteiger partial charge in [-0.3, -0.25) is 9.89 Å². The first-order valence-corrected chi connectivity index (χ1v) is 9.45. The first-order valence-electron chi connectivity index (χ1n) is 9.04. The zero-order valence-corrected chi connectivity index (χ0v) is 16.5. The SMILES string of the molecule is CC(C)n1c([C@@H]2CCCN(C(=O)C3C(C)(C)C3(C)C)C2)n[nH]c1=S. The molecule has 1 aliphatic heterocycles. The van der Waals surface area contributed by atoms with Crippen molar-refractivity contribution in [1.29, 1.82) is 0 Å². The van der Waals surface area contributed by atoms with Crippen LogP contribution in [0.25, 0.3) is 0 Å². The van der Waals surface area contributed by atoms with Gasteiger partial charge in [0.05, 0.1) is 0 Å². The van der Waals surface area contributed by atoms with Crippen molar-refractivity contribution in [3.8, 4) is 0 Å². The first kappa shape index (κ1) is 17.6. The van der Waals surface area contributed by atoms with E-state index in [4.69, 9.17) is 12.2 Å². The third-order valence-corrected chi connectivity index (χ3v) is 6.90. The van der Waals surface area contributed by atoms with Crippen LogP contribution in [0.15, 0.2) is 0 Å². The summed E-state index contributed by atoms with van der Waals surface area (Å²) in [6.45, 7) is 14.7. The maximum atomic E-state index is 13.1. The summed E-state index contributed by atoms with van der Waals surface area (Å²) in [5.41, 5.74) is 0.185. The zero-order valence-electron chi connectivity index (χ0n) is 15.7. The second-order valence-electron chi connectivity index (χ2n) is 8.85. The number of carbonyl (C=O) groups excluding carboxylic acids is 1. The van der Waals surface area contributed by atoms with E-state index < -0.39 is 0 Å². The summed E-state index contributed by atoms with van der Waals surface area (Å²) in [6, 6.07) is 0.277. The number of aromatic nitrogens is 3. The van der Waals surface area contributed by atoms with E-state index in [-0.39, 0.29) is 28.7 Å². The highest BCUT2D eigenvalue weighted by Gasteiger charge is 2.68. The van der Waals surface area contributed by atoms with Gasteiger partial charge in [-0.25, -0.2) is 0 Å². The van der Waals surface area contributed by atoms with Gasteiger partial charge in [-0.15, -0.1) is 0 Å². The molecule has 0 aromatic carbocycles. The van der Waals surface area contributed by atoms with Crippen LogP contribution in [0.5, 0.6) is 0 Å². The number of carbonyl (C=O) groups is 1. The van der Waals surface area contributed by atoms with Gasteiger partial charge in [-0.1, -0.05) is 27.7 Å². The van der Waals surface area contributed by atoms with Gasteiger partial charge in [0, 0.05) is 31.0 Å². The normalized spacial score (nSPS) is 26.0. The van der Waals surface area contributed by atoms with E-state index in [1.807, 2.05) is 0 Å². The van der Waals surface area contributed by atoms with Gasteiger partial charge < -0.3 is 9.47 Å². The average molecular weight is 351 g/mol. The number of aromatic amines is 1. The molecule has 0 unspecified atom stereocenters. The van der Waals surface area contributed by atoms with Crippen molar-refractivity contribution >= 4 is 18.1 Å². The molecule has 1 aliphatic carbocycles. The molecule has 0 bridgehead atoms. The Hall–Kier alpha value is -1.17. The standard InChI is InChI=1S/C18H30N4OS/c1-11(2)22-14(19-20-16(22)24)12-8-7-9-21(10-12)15(23)13-17(3,4)18(13,5)6/h11-13H,7-10H2,1-6H3,(H,20,24)/t12-/m1/s1. The third-order valence-electron chi connectivity index (χ3n) is 6.61. The number of H-pyrrole nitrogens is 1. The molecule has 1 saturated heterocycles. The van der Waals surface area contributed by atoms with Crippen LogP contribution >= 0.6 is 12.2 Å². The molecule has 1 N–H and O–H groups in total. The molecular weight excluding hydrogens is 320 g/mol. The number of likely N-dealkylation sites (tertiary alicyclic amines) is 1. The van der Waals surface area contributed by atoms with Crippen LogP contribution in [-0.4, -0.2) is 38.7 Å². The minimum Gasteiger partial charge on any atom is -0.342 e. The average Bonchev–Trinajstić information content (AvgIpc) is 2.79. The summed E-state index contributed by atoms with van der Waals surface area (Å²) in [5.74, 6) is 1.72. The molecule has 2 fully saturated rings. The Bertz CT molecular complexity index is 686. The molecule has 1 amide bonds. The molecule has 1 atom stereocenters. The summed E-state index contributed by atoms with van der Waals surface area (Å²) in [6.07, 6.45) is 2.09. The van der Waals surface area contributed by atoms with Crippen LogP contribution in [0.3, 0.4) is 0 Å². The van der Waals surface area contributed by atoms with Crippen molar-refractivity contribution in [2.45, 2.75) is 66.3 Å². The third kappa shape index (κ3) is 2.54. The number of rotatable bonds is 3. The van der Waals surface area contributed by atoms with Gasteiger partial charge >= 0.3 is 0 Å². The molecule has 134 valence electrons. The minimum absolute atomic E-state index is 0.0923. The fraction of sp³-hybridized carbons (Fsp3) is 0.833. The van der Waals surface area contributed by atoms with Crippen LogP contribution in [0.1, 0.15) is 72.2 Å². The Kier molecular flexibility index (Phi) is 4.18. The molecule has 0 spiro atoms. The first-order chi connectivity index (χ1) is 11.1. The Morgan fingerprint density at radius 1 is 1.29 bits per heavy atom. The van der Waals surface area contributed by atoms with Crippen molar-refractivity contribution in [2.24, 2.45) is 16.7 Å². The minimum atomic E-state index is 0.0923. The monoisotopic (exact) mass is 350 g/mol. The molecule has 24 heavy (non-hydrogen) atoms. The van der Waals surface area contributed by atoms with E-state index in [0.29, 0.717) is 10.7 Å². The predicted molar refractivity (Wildman–Crippen MR) is 97.4 cm³/mol. The van der Waals surface area contributed by atoms with Gasteiger partial charge in [-0.2, -0.15) is 5.10 Å². The summed E-state index contributed by atoms with van der Waals surface area (Å²) in [4.78, 5) is 15.1. The van der Waals surface area contributed by atoms with Crippen LogP contribution in [0.2, 0.25) is 0 Å². The van der Waals surface area contributed by atoms with Crippen LogP contribution < -0.4 is 0 Å². The summed E-state index contributed by atoms with van der Waals surface area (Å²) < 4.78 is 2.77. The molecular formula is C18H30N4OS. The molecule has 5 nitrogen and oxygen atoms in total. The summed E-state index contributed by atoms with van der Waals surface area (Å²) >= 11 is 5.38. The van der Waals surface area contributed by atoms with Crippen molar-refractivity contribution in [3.05, 3.63) is 10.6 Å². The maximum absolute atomic E-state index is 13.1. The summed E-state index contributed by atoms with van der Waals surface area (Å²) in [7, 11) is 0. The van der Waals surface area contributed by atoms with E-state index in [2.05, 4.69) is 61.2 Å². The molecule has 2 aliphatic rings. The van der Waals surface area contributed by atoms with Crippen LogP contribution in [-0.2, 0) is 4.79 Å². The van der Waals surface area contributed by atoms with Crippen molar-refractivity contribution in [2.75, 3.05) is 13.1 Å². The lowest BCUT2D eigenvalue weighted by molar-refractivity contribution is -0.135. The molecule has 1 aromatic rings. The van der Waals surface area contributed by atoms with Gasteiger partial charge in [0.15, 0.2) is 4.77 Å². The lowest BCUT2D eigenvalue weighted by atomic mass is 9.96. The summed E-state index contributed by atoms with van der Waals surface area (Å²) in [5, 5.41) is 7.41. The van der Waals surface area contributed by atoms with E-state index in [9.17, 15) is 4.79 Å². The number of amides is 1. The maximum Gasteiger partial charge on any atom is 0.226 e. The Labute approximate surface area is 149 Å². The highest BCUT2D eigenvalue weighted by atomic mass is 32.1. The predicted octanol–water partition coefficient (Wildman–Crippen LogP) is 3.91. The lowest BCUT2D eigenvalue weighted by Gasteiger charge is -2.33. The Morgan fingerprint density at radius 2 is 1.92 bits per heavy atom. The van der Waals surface area contributed by atoms with Gasteiger partial charge in [-0.05, 0) is 49.7 Å². The van der Waals surface area contributed by atoms with E-state index >= 15 is 0 Å². The van der Waals surface area contributed by atoms with E-state index in [1.54, 1.807) is 0 Å².